The van der Waals surface area contributed by atoms with E-state index in [1.165, 1.54) is 0 Å². The fraction of sp³-hybridized carbons (Fsp3) is 0.182. The Kier molecular flexibility index (Phi) is 2.81. The Hall–Kier alpha value is -2.15. The maximum Gasteiger partial charge on any atom is 0.138 e. The number of hydrogen-bond acceptors (Lipinski definition) is 6. The van der Waals surface area contributed by atoms with Crippen LogP contribution < -0.4 is 11.1 Å². The second-order valence-electron chi connectivity index (χ2n) is 3.83. The zero-order chi connectivity index (χ0) is 12.4. The van der Waals surface area contributed by atoms with Crippen molar-refractivity contribution in [1.82, 2.24) is 19.7 Å². The molecule has 0 saturated carbocycles. The first-order valence-corrected chi connectivity index (χ1v) is 6.41. The van der Waals surface area contributed by atoms with E-state index in [2.05, 4.69) is 20.4 Å². The highest BCUT2D eigenvalue weighted by atomic mass is 32.1. The third-order valence-electron chi connectivity index (χ3n) is 2.55. The summed E-state index contributed by atoms with van der Waals surface area (Å²) in [6.45, 7) is 1.48. The van der Waals surface area contributed by atoms with Crippen molar-refractivity contribution in [2.45, 2.75) is 6.54 Å². The number of fused-ring (bicyclic) bond motifs is 1. The van der Waals surface area contributed by atoms with Crippen LogP contribution in [0.25, 0.3) is 10.2 Å². The summed E-state index contributed by atoms with van der Waals surface area (Å²) in [5.74, 6) is 0.862. The van der Waals surface area contributed by atoms with Crippen LogP contribution >= 0.6 is 11.3 Å². The van der Waals surface area contributed by atoms with Crippen LogP contribution in [-0.2, 0) is 6.54 Å². The molecule has 3 aromatic rings. The van der Waals surface area contributed by atoms with Crippen LogP contribution in [0.5, 0.6) is 0 Å². The predicted molar refractivity (Wildman–Crippen MR) is 72.5 cm³/mol. The highest BCUT2D eigenvalue weighted by Crippen LogP contribution is 2.23. The number of hydrogen-bond donors (Lipinski definition) is 2. The molecule has 3 aromatic heterocycles. The second kappa shape index (κ2) is 4.61. The third-order valence-corrected chi connectivity index (χ3v) is 3.37. The van der Waals surface area contributed by atoms with Gasteiger partial charge in [0.1, 0.15) is 17.0 Å². The lowest BCUT2D eigenvalue weighted by Crippen LogP contribution is -2.11. The molecular weight excluding hydrogens is 248 g/mol. The molecule has 0 bridgehead atoms. The van der Waals surface area contributed by atoms with Crippen LogP contribution in [0.3, 0.4) is 0 Å². The highest BCUT2D eigenvalue weighted by molar-refractivity contribution is 7.16. The van der Waals surface area contributed by atoms with Crippen LogP contribution in [0, 0.1) is 0 Å². The Balaban J connectivity index is 1.68. The first-order valence-electron chi connectivity index (χ1n) is 5.53. The normalized spacial score (nSPS) is 10.9. The van der Waals surface area contributed by atoms with Gasteiger partial charge in [-0.05, 0) is 11.4 Å². The maximum absolute atomic E-state index is 5.60. The molecule has 0 fully saturated rings. The van der Waals surface area contributed by atoms with E-state index in [-0.39, 0.29) is 0 Å². The van der Waals surface area contributed by atoms with Crippen LogP contribution in [0.4, 0.5) is 11.5 Å². The van der Waals surface area contributed by atoms with Crippen molar-refractivity contribution in [3.63, 3.8) is 0 Å². The molecule has 6 nitrogen and oxygen atoms in total. The number of nitrogen functional groups attached to an aromatic ring is 1. The summed E-state index contributed by atoms with van der Waals surface area (Å²) >= 11 is 1.61. The number of nitrogens with two attached hydrogens (primary N) is 1. The van der Waals surface area contributed by atoms with E-state index in [1.54, 1.807) is 28.5 Å². The molecule has 0 aliphatic heterocycles. The van der Waals surface area contributed by atoms with E-state index in [0.29, 0.717) is 5.69 Å². The Bertz CT molecular complexity index is 658. The van der Waals surface area contributed by atoms with E-state index >= 15 is 0 Å². The second-order valence-corrected chi connectivity index (χ2v) is 4.72. The molecule has 92 valence electrons. The number of nitrogens with one attached hydrogen (secondary N) is 1. The van der Waals surface area contributed by atoms with Crippen LogP contribution in [-0.4, -0.2) is 26.3 Å². The average molecular weight is 260 g/mol. The molecule has 0 radical (unpaired) electrons. The molecule has 0 saturated heterocycles. The van der Waals surface area contributed by atoms with Crippen molar-refractivity contribution in [3.8, 4) is 0 Å². The van der Waals surface area contributed by atoms with Gasteiger partial charge in [-0.1, -0.05) is 0 Å². The summed E-state index contributed by atoms with van der Waals surface area (Å²) in [6.07, 6.45) is 5.02. The molecule has 0 atom stereocenters. The predicted octanol–water partition coefficient (Wildman–Crippen LogP) is 1.58. The molecule has 3 rings (SSSR count). The number of aromatic nitrogens is 4. The summed E-state index contributed by atoms with van der Waals surface area (Å²) in [6, 6.07) is 2.02. The topological polar surface area (TPSA) is 81.6 Å². The number of anilines is 2. The molecular formula is C11H12N6S. The van der Waals surface area contributed by atoms with Crippen molar-refractivity contribution in [2.75, 3.05) is 17.6 Å². The first kappa shape index (κ1) is 11.0. The molecule has 0 amide bonds. The van der Waals surface area contributed by atoms with Crippen LogP contribution in [0.2, 0.25) is 0 Å². The maximum atomic E-state index is 5.60. The number of nitrogens with zero attached hydrogens (tertiary/aromatic N) is 4. The zero-order valence-corrected chi connectivity index (χ0v) is 10.4. The van der Waals surface area contributed by atoms with E-state index < -0.39 is 0 Å². The third kappa shape index (κ3) is 2.12. The van der Waals surface area contributed by atoms with E-state index in [1.807, 2.05) is 17.6 Å². The number of rotatable bonds is 4. The van der Waals surface area contributed by atoms with Gasteiger partial charge < -0.3 is 11.1 Å². The summed E-state index contributed by atoms with van der Waals surface area (Å²) in [5, 5.41) is 10.5. The van der Waals surface area contributed by atoms with Crippen molar-refractivity contribution in [2.24, 2.45) is 0 Å². The van der Waals surface area contributed by atoms with Crippen molar-refractivity contribution in [1.29, 1.82) is 0 Å². The lowest BCUT2D eigenvalue weighted by Gasteiger charge is -2.06. The van der Waals surface area contributed by atoms with E-state index in [4.69, 9.17) is 5.73 Å². The average Bonchev–Trinajstić information content (AvgIpc) is 2.98. The molecule has 3 N–H and O–H groups in total. The zero-order valence-electron chi connectivity index (χ0n) is 9.58. The lowest BCUT2D eigenvalue weighted by atomic mass is 10.4. The first-order chi connectivity index (χ1) is 8.83. The van der Waals surface area contributed by atoms with E-state index in [0.717, 1.165) is 29.1 Å². The van der Waals surface area contributed by atoms with Gasteiger partial charge in [0.2, 0.25) is 0 Å². The molecule has 0 aliphatic carbocycles. The monoisotopic (exact) mass is 260 g/mol. The fourth-order valence-electron chi connectivity index (χ4n) is 1.72. The quantitative estimate of drug-likeness (QED) is 0.744. The van der Waals surface area contributed by atoms with Gasteiger partial charge in [-0.3, -0.25) is 4.68 Å². The van der Waals surface area contributed by atoms with Gasteiger partial charge in [-0.25, -0.2) is 9.97 Å². The standard InChI is InChI=1S/C11H12N6S/c12-8-5-16-17(6-8)3-2-13-10-9-1-4-18-11(9)15-7-14-10/h1,4-7H,2-3,12H2,(H,13,14,15). The Labute approximate surface area is 107 Å². The lowest BCUT2D eigenvalue weighted by molar-refractivity contribution is 0.637. The largest absolute Gasteiger partial charge is 0.396 e. The van der Waals surface area contributed by atoms with Gasteiger partial charge in [0.15, 0.2) is 0 Å². The minimum Gasteiger partial charge on any atom is -0.396 e. The Morgan fingerprint density at radius 2 is 2.33 bits per heavy atom. The van der Waals surface area contributed by atoms with E-state index in [9.17, 15) is 0 Å². The van der Waals surface area contributed by atoms with Crippen molar-refractivity contribution >= 4 is 33.1 Å². The van der Waals surface area contributed by atoms with Gasteiger partial charge in [0.25, 0.3) is 0 Å². The molecule has 0 unspecified atom stereocenters. The van der Waals surface area contributed by atoms with Gasteiger partial charge in [0.05, 0.1) is 23.8 Å². The molecule has 0 aromatic carbocycles. The molecule has 18 heavy (non-hydrogen) atoms. The summed E-state index contributed by atoms with van der Waals surface area (Å²) in [7, 11) is 0. The summed E-state index contributed by atoms with van der Waals surface area (Å²) < 4.78 is 1.80. The Morgan fingerprint density at radius 1 is 1.39 bits per heavy atom. The molecule has 7 heteroatoms. The summed E-state index contributed by atoms with van der Waals surface area (Å²) in [5.41, 5.74) is 6.28. The summed E-state index contributed by atoms with van der Waals surface area (Å²) in [4.78, 5) is 9.45. The fourth-order valence-corrected chi connectivity index (χ4v) is 2.45. The van der Waals surface area contributed by atoms with Crippen LogP contribution in [0.1, 0.15) is 0 Å². The smallest absolute Gasteiger partial charge is 0.138 e. The minimum absolute atomic E-state index is 0.678. The van der Waals surface area contributed by atoms with Crippen molar-refractivity contribution in [3.05, 3.63) is 30.2 Å². The van der Waals surface area contributed by atoms with Crippen molar-refractivity contribution < 1.29 is 0 Å². The minimum atomic E-state index is 0.678. The van der Waals surface area contributed by atoms with Crippen LogP contribution in [0.15, 0.2) is 30.2 Å². The SMILES string of the molecule is Nc1cnn(CCNc2ncnc3sccc23)c1. The molecule has 3 heterocycles. The van der Waals surface area contributed by atoms with Gasteiger partial charge in [-0.15, -0.1) is 11.3 Å². The van der Waals surface area contributed by atoms with Gasteiger partial charge in [0, 0.05) is 12.7 Å². The molecule has 0 spiro atoms. The van der Waals surface area contributed by atoms with Gasteiger partial charge >= 0.3 is 0 Å². The number of thiophene rings is 1. The molecule has 0 aliphatic rings. The highest BCUT2D eigenvalue weighted by Gasteiger charge is 2.03. The van der Waals surface area contributed by atoms with Gasteiger partial charge in [-0.2, -0.15) is 5.10 Å². The Morgan fingerprint density at radius 3 is 3.17 bits per heavy atom.